The number of Topliss-reactive ketones (excluding diaryl/α,β-unsaturated/α-hetero) is 1. The molecular formula is C33H27NO4. The first-order valence-corrected chi connectivity index (χ1v) is 12.8. The van der Waals surface area contributed by atoms with Crippen molar-refractivity contribution < 1.29 is 19.1 Å². The van der Waals surface area contributed by atoms with E-state index in [0.29, 0.717) is 34.8 Å². The average Bonchev–Trinajstić information content (AvgIpc) is 3.22. The lowest BCUT2D eigenvalue weighted by atomic mass is 9.79. The second-order valence-corrected chi connectivity index (χ2v) is 9.49. The minimum Gasteiger partial charge on any atom is -0.489 e. The van der Waals surface area contributed by atoms with Crippen LogP contribution in [0, 0.1) is 0 Å². The normalized spacial score (nSPS) is 16.3. The van der Waals surface area contributed by atoms with Crippen molar-refractivity contribution in [2.45, 2.75) is 26.4 Å². The summed E-state index contributed by atoms with van der Waals surface area (Å²) in [6, 6.07) is 29.6. The maximum Gasteiger partial charge on any atom is 0.336 e. The number of carbonyl (C=O) groups is 2. The number of hydrogen-bond donors (Lipinski definition) is 1. The lowest BCUT2D eigenvalue weighted by Gasteiger charge is -2.30. The summed E-state index contributed by atoms with van der Waals surface area (Å²) in [4.78, 5) is 27.0. The Hall–Kier alpha value is -4.64. The number of esters is 1. The van der Waals surface area contributed by atoms with Gasteiger partial charge in [-0.3, -0.25) is 4.79 Å². The minimum absolute atomic E-state index is 0.0910. The van der Waals surface area contributed by atoms with Gasteiger partial charge >= 0.3 is 5.97 Å². The molecule has 38 heavy (non-hydrogen) atoms. The summed E-state index contributed by atoms with van der Waals surface area (Å²) in [5.41, 5.74) is 5.63. The van der Waals surface area contributed by atoms with E-state index >= 15 is 0 Å². The molecule has 1 heterocycles. The molecule has 0 fully saturated rings. The molecule has 0 saturated heterocycles. The van der Waals surface area contributed by atoms with E-state index in [2.05, 4.69) is 35.6 Å². The molecule has 0 bridgehead atoms. The number of allylic oxidation sites excluding steroid dienone is 2. The Morgan fingerprint density at radius 1 is 0.868 bits per heavy atom. The maximum atomic E-state index is 13.7. The number of ketones is 1. The van der Waals surface area contributed by atoms with Crippen molar-refractivity contribution in [2.75, 3.05) is 6.61 Å². The van der Waals surface area contributed by atoms with Gasteiger partial charge in [0.15, 0.2) is 5.78 Å². The second-order valence-electron chi connectivity index (χ2n) is 9.49. The molecule has 0 unspecified atom stereocenters. The monoisotopic (exact) mass is 501 g/mol. The van der Waals surface area contributed by atoms with E-state index in [-0.39, 0.29) is 12.4 Å². The van der Waals surface area contributed by atoms with Gasteiger partial charge in [0.25, 0.3) is 0 Å². The first-order valence-electron chi connectivity index (χ1n) is 12.8. The zero-order valence-electron chi connectivity index (χ0n) is 21.3. The molecule has 6 rings (SSSR count). The Morgan fingerprint density at radius 2 is 1.58 bits per heavy atom. The highest BCUT2D eigenvalue weighted by molar-refractivity contribution is 6.23. The fraction of sp³-hybridized carbons (Fsp3) is 0.152. The van der Waals surface area contributed by atoms with Gasteiger partial charge < -0.3 is 14.8 Å². The molecule has 1 aliphatic carbocycles. The number of benzene rings is 4. The van der Waals surface area contributed by atoms with Crippen molar-refractivity contribution in [3.8, 4) is 5.75 Å². The van der Waals surface area contributed by atoms with Crippen molar-refractivity contribution in [1.29, 1.82) is 0 Å². The van der Waals surface area contributed by atoms with Gasteiger partial charge in [-0.05, 0) is 42.3 Å². The van der Waals surface area contributed by atoms with Crippen molar-refractivity contribution in [3.63, 3.8) is 0 Å². The highest BCUT2D eigenvalue weighted by atomic mass is 16.5. The van der Waals surface area contributed by atoms with Crippen LogP contribution in [0.15, 0.2) is 108 Å². The van der Waals surface area contributed by atoms with Gasteiger partial charge in [0.1, 0.15) is 12.4 Å². The zero-order chi connectivity index (χ0) is 26.2. The van der Waals surface area contributed by atoms with Gasteiger partial charge in [0.2, 0.25) is 0 Å². The quantitative estimate of drug-likeness (QED) is 0.304. The molecule has 0 radical (unpaired) electrons. The van der Waals surface area contributed by atoms with Gasteiger partial charge in [-0.1, -0.05) is 78.9 Å². The fourth-order valence-corrected chi connectivity index (χ4v) is 5.46. The lowest BCUT2D eigenvalue weighted by Crippen LogP contribution is -2.29. The van der Waals surface area contributed by atoms with Crippen LogP contribution in [0.25, 0.3) is 16.5 Å². The number of carbonyl (C=O) groups excluding carboxylic acids is 2. The molecule has 0 aromatic heterocycles. The minimum atomic E-state index is -0.627. The summed E-state index contributed by atoms with van der Waals surface area (Å²) in [5, 5.41) is 5.66. The summed E-state index contributed by atoms with van der Waals surface area (Å²) in [5.74, 6) is -0.537. The predicted molar refractivity (Wildman–Crippen MR) is 148 cm³/mol. The first-order chi connectivity index (χ1) is 18.6. The molecule has 0 saturated carbocycles. The number of rotatable bonds is 6. The van der Waals surface area contributed by atoms with Gasteiger partial charge in [-0.15, -0.1) is 0 Å². The number of para-hydroxylation sites is 1. The van der Waals surface area contributed by atoms with Gasteiger partial charge in [-0.25, -0.2) is 4.79 Å². The van der Waals surface area contributed by atoms with E-state index < -0.39 is 11.9 Å². The van der Waals surface area contributed by atoms with Crippen LogP contribution in [0.2, 0.25) is 0 Å². The van der Waals surface area contributed by atoms with Crippen LogP contribution >= 0.6 is 0 Å². The van der Waals surface area contributed by atoms with Crippen molar-refractivity contribution in [3.05, 3.63) is 130 Å². The summed E-state index contributed by atoms with van der Waals surface area (Å²) in [7, 11) is 0. The lowest BCUT2D eigenvalue weighted by molar-refractivity contribution is -0.138. The maximum absolute atomic E-state index is 13.7. The van der Waals surface area contributed by atoms with E-state index in [4.69, 9.17) is 9.47 Å². The van der Waals surface area contributed by atoms with Crippen molar-refractivity contribution >= 4 is 28.2 Å². The molecule has 4 aromatic rings. The number of dihydropyridines is 1. The molecule has 5 heteroatoms. The smallest absolute Gasteiger partial charge is 0.336 e. The third-order valence-corrected chi connectivity index (χ3v) is 7.18. The second kappa shape index (κ2) is 9.67. The molecule has 0 amide bonds. The van der Waals surface area contributed by atoms with E-state index in [1.54, 1.807) is 6.92 Å². The fourth-order valence-electron chi connectivity index (χ4n) is 5.46. The summed E-state index contributed by atoms with van der Waals surface area (Å²) < 4.78 is 11.8. The van der Waals surface area contributed by atoms with E-state index in [1.807, 2.05) is 67.6 Å². The van der Waals surface area contributed by atoms with Crippen LogP contribution in [0.4, 0.5) is 0 Å². The molecule has 188 valence electrons. The average molecular weight is 502 g/mol. The molecule has 1 atom stereocenters. The van der Waals surface area contributed by atoms with E-state index in [0.717, 1.165) is 27.8 Å². The molecule has 0 spiro atoms. The van der Waals surface area contributed by atoms with Gasteiger partial charge in [0, 0.05) is 28.0 Å². The topological polar surface area (TPSA) is 64.6 Å². The Bertz CT molecular complexity index is 1660. The first kappa shape index (κ1) is 23.7. The third-order valence-electron chi connectivity index (χ3n) is 7.18. The molecule has 2 aliphatic rings. The van der Waals surface area contributed by atoms with Crippen LogP contribution in [0.3, 0.4) is 0 Å². The zero-order valence-corrected chi connectivity index (χ0v) is 21.3. The van der Waals surface area contributed by atoms with Crippen LogP contribution in [-0.4, -0.2) is 18.4 Å². The molecule has 5 nitrogen and oxygen atoms in total. The van der Waals surface area contributed by atoms with E-state index in [9.17, 15) is 9.59 Å². The number of nitrogens with one attached hydrogen (secondary N) is 1. The molecule has 4 aromatic carbocycles. The predicted octanol–water partition coefficient (Wildman–Crippen LogP) is 6.55. The molecule has 1 aliphatic heterocycles. The standard InChI is InChI=1S/C33H27NO4/c1-3-37-33(36)28-20(2)34-31-24-12-6-7-13-25(24)32(35)30(31)29(28)26-14-8-9-15-27(26)38-19-21-16-17-22-10-4-5-11-23(22)18-21/h4-18,29,34H,3,19H2,1-2H3/t29-/m1/s1. The number of ether oxygens (including phenoxy) is 2. The van der Waals surface area contributed by atoms with Gasteiger partial charge in [-0.2, -0.15) is 0 Å². The Morgan fingerprint density at radius 3 is 2.39 bits per heavy atom. The Balaban J connectivity index is 1.43. The van der Waals surface area contributed by atoms with Crippen molar-refractivity contribution in [1.82, 2.24) is 5.32 Å². The molecular weight excluding hydrogens is 474 g/mol. The SMILES string of the molecule is CCOC(=O)C1=C(C)NC2=C(C(=O)c3ccccc32)[C@@H]1c1ccccc1OCc1ccc2ccccc2c1. The number of fused-ring (bicyclic) bond motifs is 3. The van der Waals surface area contributed by atoms with Crippen LogP contribution in [0.1, 0.15) is 46.8 Å². The summed E-state index contributed by atoms with van der Waals surface area (Å²) in [6.07, 6.45) is 0. The van der Waals surface area contributed by atoms with Crippen molar-refractivity contribution in [2.24, 2.45) is 0 Å². The third kappa shape index (κ3) is 3.97. The van der Waals surface area contributed by atoms with Gasteiger partial charge in [0.05, 0.1) is 23.8 Å². The number of hydrogen-bond acceptors (Lipinski definition) is 5. The summed E-state index contributed by atoms with van der Waals surface area (Å²) >= 11 is 0. The highest BCUT2D eigenvalue weighted by Crippen LogP contribution is 2.48. The highest BCUT2D eigenvalue weighted by Gasteiger charge is 2.43. The molecule has 1 N–H and O–H groups in total. The largest absolute Gasteiger partial charge is 0.489 e. The Kier molecular flexibility index (Phi) is 6.04. The van der Waals surface area contributed by atoms with Crippen LogP contribution < -0.4 is 10.1 Å². The van der Waals surface area contributed by atoms with Crippen LogP contribution in [0.5, 0.6) is 5.75 Å². The Labute approximate surface area is 221 Å². The van der Waals surface area contributed by atoms with E-state index in [1.165, 1.54) is 5.39 Å². The van der Waals surface area contributed by atoms with Crippen LogP contribution in [-0.2, 0) is 16.1 Å². The summed E-state index contributed by atoms with van der Waals surface area (Å²) in [6.45, 7) is 4.22.